The minimum atomic E-state index is -3.73. The van der Waals surface area contributed by atoms with Crippen molar-refractivity contribution in [1.29, 1.82) is 0 Å². The Labute approximate surface area is 144 Å². The van der Waals surface area contributed by atoms with Crippen molar-refractivity contribution in [1.82, 2.24) is 9.62 Å². The summed E-state index contributed by atoms with van der Waals surface area (Å²) in [5.74, 6) is -0.229. The highest BCUT2D eigenvalue weighted by Crippen LogP contribution is 2.23. The summed E-state index contributed by atoms with van der Waals surface area (Å²) in [6.07, 6.45) is 0. The van der Waals surface area contributed by atoms with Crippen molar-refractivity contribution < 1.29 is 17.9 Å². The van der Waals surface area contributed by atoms with E-state index in [1.807, 2.05) is 12.1 Å². The molecule has 0 aromatic heterocycles. The van der Waals surface area contributed by atoms with Gasteiger partial charge < -0.3 is 9.64 Å². The molecule has 0 spiro atoms. The molecular formula is C17H26N2O4S. The summed E-state index contributed by atoms with van der Waals surface area (Å²) in [6, 6.07) is 5.96. The van der Waals surface area contributed by atoms with E-state index in [1.54, 1.807) is 24.0 Å². The maximum Gasteiger partial charge on any atom is 0.241 e. The molecule has 1 aliphatic heterocycles. The van der Waals surface area contributed by atoms with Crippen molar-refractivity contribution in [3.63, 3.8) is 0 Å². The summed E-state index contributed by atoms with van der Waals surface area (Å²) in [5.41, 5.74) is 1.01. The van der Waals surface area contributed by atoms with E-state index in [1.165, 1.54) is 0 Å². The first-order valence-corrected chi connectivity index (χ1v) is 9.59. The maximum absolute atomic E-state index is 12.5. The monoisotopic (exact) mass is 354 g/mol. The van der Waals surface area contributed by atoms with Crippen LogP contribution in [0.2, 0.25) is 0 Å². The molecule has 0 saturated carbocycles. The molecule has 1 saturated heterocycles. The van der Waals surface area contributed by atoms with Gasteiger partial charge in [0.1, 0.15) is 0 Å². The number of benzene rings is 1. The van der Waals surface area contributed by atoms with E-state index < -0.39 is 16.1 Å². The van der Waals surface area contributed by atoms with E-state index >= 15 is 0 Å². The molecule has 0 unspecified atom stereocenters. The quantitative estimate of drug-likeness (QED) is 0.889. The van der Waals surface area contributed by atoms with Crippen molar-refractivity contribution in [2.24, 2.45) is 0 Å². The predicted octanol–water partition coefficient (Wildman–Crippen LogP) is 1.51. The third-order valence-corrected chi connectivity index (χ3v) is 5.61. The highest BCUT2D eigenvalue weighted by atomic mass is 32.2. The first-order chi connectivity index (χ1) is 11.1. The van der Waals surface area contributed by atoms with Crippen molar-refractivity contribution in [3.05, 3.63) is 29.8 Å². The van der Waals surface area contributed by atoms with Crippen molar-refractivity contribution in [2.75, 3.05) is 26.3 Å². The zero-order chi connectivity index (χ0) is 18.0. The zero-order valence-electron chi connectivity index (χ0n) is 14.7. The minimum Gasteiger partial charge on any atom is -0.378 e. The molecular weight excluding hydrogens is 328 g/mol. The van der Waals surface area contributed by atoms with Gasteiger partial charge >= 0.3 is 0 Å². The van der Waals surface area contributed by atoms with Crippen molar-refractivity contribution in [3.8, 4) is 0 Å². The molecule has 7 heteroatoms. The molecule has 0 aliphatic carbocycles. The summed E-state index contributed by atoms with van der Waals surface area (Å²) >= 11 is 0. The fraction of sp³-hybridized carbons (Fsp3) is 0.588. The lowest BCUT2D eigenvalue weighted by molar-refractivity contribution is -0.136. The van der Waals surface area contributed by atoms with E-state index in [0.717, 1.165) is 5.56 Å². The lowest BCUT2D eigenvalue weighted by atomic mass is 9.87. The Morgan fingerprint density at radius 1 is 1.17 bits per heavy atom. The van der Waals surface area contributed by atoms with Crippen LogP contribution >= 0.6 is 0 Å². The number of nitrogens with zero attached hydrogens (tertiary/aromatic N) is 1. The Morgan fingerprint density at radius 2 is 1.71 bits per heavy atom. The van der Waals surface area contributed by atoms with Crippen LogP contribution in [0, 0.1) is 0 Å². The number of ether oxygens (including phenoxy) is 1. The van der Waals surface area contributed by atoms with Crippen molar-refractivity contribution in [2.45, 2.75) is 44.0 Å². The lowest BCUT2D eigenvalue weighted by Crippen LogP contribution is -2.50. The Bertz CT molecular complexity index is 672. The molecule has 1 fully saturated rings. The molecule has 1 atom stereocenters. The van der Waals surface area contributed by atoms with Gasteiger partial charge in [-0.1, -0.05) is 32.9 Å². The molecule has 1 aromatic carbocycles. The molecule has 2 rings (SSSR count). The van der Waals surface area contributed by atoms with Crippen LogP contribution in [-0.4, -0.2) is 51.6 Å². The SMILES string of the molecule is C[C@@H](NS(=O)(=O)c1ccc(C(C)(C)C)cc1)C(=O)N1CCOCC1. The summed E-state index contributed by atoms with van der Waals surface area (Å²) < 4.78 is 32.6. The highest BCUT2D eigenvalue weighted by molar-refractivity contribution is 7.89. The first-order valence-electron chi connectivity index (χ1n) is 8.11. The molecule has 1 aliphatic rings. The smallest absolute Gasteiger partial charge is 0.241 e. The number of carbonyl (C=O) groups excluding carboxylic acids is 1. The fourth-order valence-electron chi connectivity index (χ4n) is 2.54. The van der Waals surface area contributed by atoms with Crippen LogP contribution in [0.5, 0.6) is 0 Å². The van der Waals surface area contributed by atoms with E-state index in [9.17, 15) is 13.2 Å². The van der Waals surface area contributed by atoms with Gasteiger partial charge in [0.25, 0.3) is 0 Å². The van der Waals surface area contributed by atoms with Gasteiger partial charge in [0.2, 0.25) is 15.9 Å². The summed E-state index contributed by atoms with van der Waals surface area (Å²) in [7, 11) is -3.73. The van der Waals surface area contributed by atoms with Gasteiger partial charge in [0.15, 0.2) is 0 Å². The van der Waals surface area contributed by atoms with Gasteiger partial charge in [-0.2, -0.15) is 4.72 Å². The Hall–Kier alpha value is -1.44. The number of hydrogen-bond donors (Lipinski definition) is 1. The second kappa shape index (κ2) is 7.21. The Kier molecular flexibility index (Phi) is 5.67. The predicted molar refractivity (Wildman–Crippen MR) is 92.3 cm³/mol. The van der Waals surface area contributed by atoms with E-state index in [-0.39, 0.29) is 16.2 Å². The van der Waals surface area contributed by atoms with Gasteiger partial charge in [-0.15, -0.1) is 0 Å². The average molecular weight is 354 g/mol. The molecule has 0 radical (unpaired) electrons. The van der Waals surface area contributed by atoms with Crippen LogP contribution < -0.4 is 4.72 Å². The molecule has 1 aromatic rings. The van der Waals surface area contributed by atoms with Gasteiger partial charge in [-0.25, -0.2) is 8.42 Å². The largest absolute Gasteiger partial charge is 0.378 e. The van der Waals surface area contributed by atoms with Gasteiger partial charge in [0, 0.05) is 13.1 Å². The highest BCUT2D eigenvalue weighted by Gasteiger charge is 2.27. The van der Waals surface area contributed by atoms with E-state index in [0.29, 0.717) is 26.3 Å². The molecule has 6 nitrogen and oxygen atoms in total. The number of hydrogen-bond acceptors (Lipinski definition) is 4. The van der Waals surface area contributed by atoms with Gasteiger partial charge in [-0.3, -0.25) is 4.79 Å². The minimum absolute atomic E-state index is 0.0463. The molecule has 134 valence electrons. The summed E-state index contributed by atoms with van der Waals surface area (Å²) in [4.78, 5) is 14.1. The topological polar surface area (TPSA) is 75.7 Å². The van der Waals surface area contributed by atoms with E-state index in [4.69, 9.17) is 4.74 Å². The third-order valence-electron chi connectivity index (χ3n) is 4.06. The Balaban J connectivity index is 2.08. The number of amides is 1. The molecule has 1 N–H and O–H groups in total. The van der Waals surface area contributed by atoms with Gasteiger partial charge in [0.05, 0.1) is 24.2 Å². The second-order valence-corrected chi connectivity index (χ2v) is 8.77. The summed E-state index contributed by atoms with van der Waals surface area (Å²) in [5, 5.41) is 0. The molecule has 1 amide bonds. The zero-order valence-corrected chi connectivity index (χ0v) is 15.5. The standard InChI is InChI=1S/C17H26N2O4S/c1-13(16(20)19-9-11-23-12-10-19)18-24(21,22)15-7-5-14(6-8-15)17(2,3)4/h5-8,13,18H,9-12H2,1-4H3/t13-/m1/s1. The summed E-state index contributed by atoms with van der Waals surface area (Å²) in [6.45, 7) is 9.72. The number of carbonyl (C=O) groups is 1. The number of morpholine rings is 1. The normalized spacial score (nSPS) is 17.6. The maximum atomic E-state index is 12.5. The lowest BCUT2D eigenvalue weighted by Gasteiger charge is -2.29. The first kappa shape index (κ1) is 18.9. The van der Waals surface area contributed by atoms with Crippen LogP contribution in [0.1, 0.15) is 33.3 Å². The van der Waals surface area contributed by atoms with Crippen LogP contribution in [0.25, 0.3) is 0 Å². The third kappa shape index (κ3) is 4.55. The van der Waals surface area contributed by atoms with Crippen LogP contribution in [0.15, 0.2) is 29.2 Å². The van der Waals surface area contributed by atoms with E-state index in [2.05, 4.69) is 25.5 Å². The van der Waals surface area contributed by atoms with Crippen LogP contribution in [0.3, 0.4) is 0 Å². The number of nitrogens with one attached hydrogen (secondary N) is 1. The average Bonchev–Trinajstić information content (AvgIpc) is 2.54. The second-order valence-electron chi connectivity index (χ2n) is 7.06. The fourth-order valence-corrected chi connectivity index (χ4v) is 3.74. The van der Waals surface area contributed by atoms with Crippen molar-refractivity contribution >= 4 is 15.9 Å². The van der Waals surface area contributed by atoms with Crippen LogP contribution in [-0.2, 0) is 25.0 Å². The number of sulfonamides is 1. The molecule has 24 heavy (non-hydrogen) atoms. The molecule has 0 bridgehead atoms. The Morgan fingerprint density at radius 3 is 2.21 bits per heavy atom. The van der Waals surface area contributed by atoms with Crippen LogP contribution in [0.4, 0.5) is 0 Å². The molecule has 1 heterocycles. The van der Waals surface area contributed by atoms with Gasteiger partial charge in [-0.05, 0) is 30.0 Å². The number of rotatable bonds is 4.